The summed E-state index contributed by atoms with van der Waals surface area (Å²) in [6.07, 6.45) is 1.68. The number of hydrogen-bond acceptors (Lipinski definition) is 3. The van der Waals surface area contributed by atoms with E-state index in [1.165, 1.54) is 0 Å². The minimum absolute atomic E-state index is 0.229. The highest BCUT2D eigenvalue weighted by Gasteiger charge is 2.06. The zero-order chi connectivity index (χ0) is 11.9. The van der Waals surface area contributed by atoms with Gasteiger partial charge in [0, 0.05) is 6.20 Å². The molecular formula is C13H13NO3. The van der Waals surface area contributed by atoms with Crippen LogP contribution < -0.4 is 4.74 Å². The summed E-state index contributed by atoms with van der Waals surface area (Å²) in [5, 5.41) is 0. The molecule has 2 rings (SSSR count). The number of rotatable bonds is 5. The molecule has 1 heterocycles. The average molecular weight is 231 g/mol. The van der Waals surface area contributed by atoms with Gasteiger partial charge < -0.3 is 14.5 Å². The third-order valence-electron chi connectivity index (χ3n) is 2.15. The van der Waals surface area contributed by atoms with Gasteiger partial charge >= 0.3 is 5.97 Å². The molecule has 0 aliphatic carbocycles. The largest absolute Gasteiger partial charge is 0.490 e. The van der Waals surface area contributed by atoms with Gasteiger partial charge in [0.1, 0.15) is 24.7 Å². The van der Waals surface area contributed by atoms with Crippen LogP contribution in [0.1, 0.15) is 10.5 Å². The number of carbonyl (C=O) groups is 1. The van der Waals surface area contributed by atoms with Crippen LogP contribution in [-0.2, 0) is 4.74 Å². The van der Waals surface area contributed by atoms with Gasteiger partial charge in [0.05, 0.1) is 0 Å². The molecule has 0 fully saturated rings. The molecule has 88 valence electrons. The maximum Gasteiger partial charge on any atom is 0.354 e. The molecule has 0 aliphatic rings. The second-order valence-electron chi connectivity index (χ2n) is 3.38. The van der Waals surface area contributed by atoms with Crippen LogP contribution in [0.3, 0.4) is 0 Å². The van der Waals surface area contributed by atoms with Crippen molar-refractivity contribution >= 4 is 5.97 Å². The molecule has 4 nitrogen and oxygen atoms in total. The Morgan fingerprint density at radius 1 is 1.06 bits per heavy atom. The smallest absolute Gasteiger partial charge is 0.354 e. The number of para-hydroxylation sites is 1. The molecule has 2 aromatic rings. The molecule has 0 saturated heterocycles. The summed E-state index contributed by atoms with van der Waals surface area (Å²) in [5.74, 6) is 0.398. The van der Waals surface area contributed by atoms with Gasteiger partial charge in [-0.1, -0.05) is 18.2 Å². The van der Waals surface area contributed by atoms with Crippen molar-refractivity contribution in [1.82, 2.24) is 4.98 Å². The standard InChI is InChI=1S/C13H13NO3/c15-13(12-7-4-8-14-12)17-10-9-16-11-5-2-1-3-6-11/h1-8,14H,9-10H2. The molecule has 0 spiro atoms. The quantitative estimate of drug-likeness (QED) is 0.634. The Balaban J connectivity index is 1.69. The van der Waals surface area contributed by atoms with Gasteiger partial charge in [-0.15, -0.1) is 0 Å². The van der Waals surface area contributed by atoms with Crippen LogP contribution >= 0.6 is 0 Å². The fourth-order valence-corrected chi connectivity index (χ4v) is 1.35. The third kappa shape index (κ3) is 3.38. The summed E-state index contributed by atoms with van der Waals surface area (Å²) in [5.41, 5.74) is 0.449. The van der Waals surface area contributed by atoms with Crippen molar-refractivity contribution in [1.29, 1.82) is 0 Å². The highest BCUT2D eigenvalue weighted by molar-refractivity contribution is 5.87. The maximum absolute atomic E-state index is 11.4. The number of ether oxygens (including phenoxy) is 2. The zero-order valence-corrected chi connectivity index (χ0v) is 9.26. The highest BCUT2D eigenvalue weighted by atomic mass is 16.6. The number of aromatic amines is 1. The van der Waals surface area contributed by atoms with E-state index in [-0.39, 0.29) is 12.6 Å². The lowest BCUT2D eigenvalue weighted by Gasteiger charge is -2.06. The molecule has 0 unspecified atom stereocenters. The van der Waals surface area contributed by atoms with E-state index in [4.69, 9.17) is 9.47 Å². The number of carbonyl (C=O) groups excluding carboxylic acids is 1. The van der Waals surface area contributed by atoms with Gasteiger partial charge in [-0.05, 0) is 24.3 Å². The molecule has 0 aliphatic heterocycles. The summed E-state index contributed by atoms with van der Waals surface area (Å²) < 4.78 is 10.4. The van der Waals surface area contributed by atoms with Gasteiger partial charge in [-0.2, -0.15) is 0 Å². The number of esters is 1. The first kappa shape index (κ1) is 11.3. The maximum atomic E-state index is 11.4. The van der Waals surface area contributed by atoms with E-state index in [1.54, 1.807) is 18.3 Å². The first-order valence-electron chi connectivity index (χ1n) is 5.34. The molecule has 0 atom stereocenters. The van der Waals surface area contributed by atoms with Gasteiger partial charge in [-0.25, -0.2) is 4.79 Å². The number of nitrogens with one attached hydrogen (secondary N) is 1. The molecule has 1 aromatic heterocycles. The molecule has 1 aromatic carbocycles. The Morgan fingerprint density at radius 2 is 1.88 bits per heavy atom. The van der Waals surface area contributed by atoms with Gasteiger partial charge in [-0.3, -0.25) is 0 Å². The fourth-order valence-electron chi connectivity index (χ4n) is 1.35. The van der Waals surface area contributed by atoms with Crippen molar-refractivity contribution in [3.05, 3.63) is 54.4 Å². The zero-order valence-electron chi connectivity index (χ0n) is 9.26. The first-order chi connectivity index (χ1) is 8.36. The summed E-state index contributed by atoms with van der Waals surface area (Å²) in [7, 11) is 0. The van der Waals surface area contributed by atoms with E-state index in [1.807, 2.05) is 30.3 Å². The third-order valence-corrected chi connectivity index (χ3v) is 2.15. The molecule has 0 amide bonds. The van der Waals surface area contributed by atoms with Crippen LogP contribution in [0.25, 0.3) is 0 Å². The SMILES string of the molecule is O=C(OCCOc1ccccc1)c1ccc[nH]1. The normalized spacial score (nSPS) is 9.88. The molecule has 1 N–H and O–H groups in total. The average Bonchev–Trinajstić information content (AvgIpc) is 2.89. The highest BCUT2D eigenvalue weighted by Crippen LogP contribution is 2.07. The monoisotopic (exact) mass is 231 g/mol. The van der Waals surface area contributed by atoms with Crippen LogP contribution in [0, 0.1) is 0 Å². The van der Waals surface area contributed by atoms with Crippen LogP contribution in [-0.4, -0.2) is 24.2 Å². The van der Waals surface area contributed by atoms with Crippen molar-refractivity contribution in [3.8, 4) is 5.75 Å². The lowest BCUT2D eigenvalue weighted by Crippen LogP contribution is -2.12. The van der Waals surface area contributed by atoms with E-state index < -0.39 is 0 Å². The summed E-state index contributed by atoms with van der Waals surface area (Å²) in [6, 6.07) is 12.8. The molecule has 17 heavy (non-hydrogen) atoms. The molecule has 0 radical (unpaired) electrons. The van der Waals surface area contributed by atoms with Gasteiger partial charge in [0.15, 0.2) is 0 Å². The Bertz CT molecular complexity index is 451. The summed E-state index contributed by atoms with van der Waals surface area (Å²) in [6.45, 7) is 0.573. The second kappa shape index (κ2) is 5.75. The van der Waals surface area contributed by atoms with E-state index in [9.17, 15) is 4.79 Å². The van der Waals surface area contributed by atoms with Crippen molar-refractivity contribution < 1.29 is 14.3 Å². The molecule has 0 bridgehead atoms. The first-order valence-corrected chi connectivity index (χ1v) is 5.34. The number of hydrogen-bond donors (Lipinski definition) is 1. The van der Waals surface area contributed by atoms with E-state index in [2.05, 4.69) is 4.98 Å². The van der Waals surface area contributed by atoms with Crippen LogP contribution in [0.2, 0.25) is 0 Å². The Labute approximate surface area is 99.2 Å². The number of H-pyrrole nitrogens is 1. The van der Waals surface area contributed by atoms with E-state index in [0.717, 1.165) is 5.75 Å². The van der Waals surface area contributed by atoms with E-state index >= 15 is 0 Å². The van der Waals surface area contributed by atoms with Crippen LogP contribution in [0.4, 0.5) is 0 Å². The van der Waals surface area contributed by atoms with Crippen molar-refractivity contribution in [2.75, 3.05) is 13.2 Å². The van der Waals surface area contributed by atoms with Gasteiger partial charge in [0.25, 0.3) is 0 Å². The minimum atomic E-state index is -0.369. The molecule has 4 heteroatoms. The predicted molar refractivity (Wildman–Crippen MR) is 63.0 cm³/mol. The lowest BCUT2D eigenvalue weighted by molar-refractivity contribution is 0.0444. The molecule has 0 saturated carbocycles. The number of aromatic nitrogens is 1. The Morgan fingerprint density at radius 3 is 2.59 bits per heavy atom. The molecular weight excluding hydrogens is 218 g/mol. The van der Waals surface area contributed by atoms with Crippen molar-refractivity contribution in [2.45, 2.75) is 0 Å². The predicted octanol–water partition coefficient (Wildman–Crippen LogP) is 2.25. The van der Waals surface area contributed by atoms with Gasteiger partial charge in [0.2, 0.25) is 0 Å². The van der Waals surface area contributed by atoms with Crippen molar-refractivity contribution in [2.24, 2.45) is 0 Å². The second-order valence-corrected chi connectivity index (χ2v) is 3.38. The van der Waals surface area contributed by atoms with E-state index in [0.29, 0.717) is 12.3 Å². The van der Waals surface area contributed by atoms with Crippen LogP contribution in [0.5, 0.6) is 5.75 Å². The lowest BCUT2D eigenvalue weighted by atomic mass is 10.3. The fraction of sp³-hybridized carbons (Fsp3) is 0.154. The van der Waals surface area contributed by atoms with Crippen LogP contribution in [0.15, 0.2) is 48.7 Å². The minimum Gasteiger partial charge on any atom is -0.490 e. The summed E-state index contributed by atoms with van der Waals surface area (Å²) >= 11 is 0. The number of benzene rings is 1. The Kier molecular flexibility index (Phi) is 3.81. The van der Waals surface area contributed by atoms with Crippen molar-refractivity contribution in [3.63, 3.8) is 0 Å². The summed E-state index contributed by atoms with van der Waals surface area (Å²) in [4.78, 5) is 14.2. The Hall–Kier alpha value is -2.23. The topological polar surface area (TPSA) is 51.3 Å².